The van der Waals surface area contributed by atoms with Crippen LogP contribution in [0.25, 0.3) is 0 Å². The first-order valence-corrected chi connectivity index (χ1v) is 30.8. The van der Waals surface area contributed by atoms with Crippen molar-refractivity contribution in [1.82, 2.24) is 0 Å². The zero-order chi connectivity index (χ0) is 24.8. The van der Waals surface area contributed by atoms with E-state index in [1.165, 1.54) is 77.0 Å². The second kappa shape index (κ2) is 22.3. The Morgan fingerprint density at radius 2 is 1.00 bits per heavy atom. The van der Waals surface area contributed by atoms with Crippen molar-refractivity contribution in [2.75, 3.05) is 0 Å². The monoisotopic (exact) mass is 692 g/mol. The van der Waals surface area contributed by atoms with Gasteiger partial charge in [0.15, 0.2) is 0 Å². The summed E-state index contributed by atoms with van der Waals surface area (Å²) in [6.07, 6.45) is 17.0. The van der Waals surface area contributed by atoms with Gasteiger partial charge in [0.25, 0.3) is 0 Å². The molecule has 0 saturated carbocycles. The van der Waals surface area contributed by atoms with Crippen molar-refractivity contribution in [1.29, 1.82) is 0 Å². The maximum absolute atomic E-state index is 4.19. The first kappa shape index (κ1) is 34.0. The van der Waals surface area contributed by atoms with Crippen molar-refractivity contribution < 1.29 is 0 Å². The third-order valence-corrected chi connectivity index (χ3v) is 40.9. The molecule has 0 nitrogen and oxygen atoms in total. The summed E-state index contributed by atoms with van der Waals surface area (Å²) in [5.74, 6) is 0. The predicted molar refractivity (Wildman–Crippen MR) is 164 cm³/mol. The molecule has 1 aromatic rings. The normalized spacial score (nSPS) is 11.8. The molecule has 0 aromatic carbocycles. The molecule has 3 heteroatoms. The van der Waals surface area contributed by atoms with E-state index in [1.54, 1.807) is 26.6 Å². The molecule has 0 spiro atoms. The fraction of sp³-hybridized carbons (Fsp3) is 0.800. The van der Waals surface area contributed by atoms with E-state index in [4.69, 9.17) is 0 Å². The van der Waals surface area contributed by atoms with Crippen LogP contribution in [-0.4, -0.2) is 36.8 Å². The van der Waals surface area contributed by atoms with Crippen molar-refractivity contribution in [3.63, 3.8) is 0 Å². The summed E-state index contributed by atoms with van der Waals surface area (Å²) in [7, 11) is 0. The van der Waals surface area contributed by atoms with Crippen LogP contribution in [0, 0.1) is 0 Å². The van der Waals surface area contributed by atoms with E-state index in [0.29, 0.717) is 0 Å². The number of hydrogen-bond donors (Lipinski definition) is 0. The molecule has 194 valence electrons. The van der Waals surface area contributed by atoms with Gasteiger partial charge in [-0.25, -0.2) is 0 Å². The van der Waals surface area contributed by atoms with Crippen LogP contribution in [0.15, 0.2) is 28.2 Å². The number of rotatable bonds is 20. The molecule has 0 atom stereocenters. The number of thiophene rings is 1. The van der Waals surface area contributed by atoms with Crippen molar-refractivity contribution in [3.8, 4) is 0 Å². The molecule has 1 heterocycles. The SMILES string of the molecule is C=[CH][Sn]([CH2]CCC)([CH2]CCC)[CH2]CCC.CCC[CH2][Sn]([CH2]CCC)([CH2]CCC)[c]1cccs1. The Kier molecular flexibility index (Phi) is 23.0. The molecule has 33 heavy (non-hydrogen) atoms. The van der Waals surface area contributed by atoms with Gasteiger partial charge < -0.3 is 0 Å². The molecule has 0 aliphatic rings. The van der Waals surface area contributed by atoms with E-state index >= 15 is 0 Å². The second-order valence-electron chi connectivity index (χ2n) is 10.4. The summed E-state index contributed by atoms with van der Waals surface area (Å²) in [6.45, 7) is 18.2. The van der Waals surface area contributed by atoms with Crippen LogP contribution in [0.5, 0.6) is 0 Å². The van der Waals surface area contributed by atoms with Gasteiger partial charge in [-0.15, -0.1) is 0 Å². The molecule has 0 bridgehead atoms. The molecule has 0 N–H and O–H groups in total. The summed E-state index contributed by atoms with van der Waals surface area (Å²) in [6, 6.07) is 4.76. The van der Waals surface area contributed by atoms with Gasteiger partial charge in [-0.1, -0.05) is 0 Å². The summed E-state index contributed by atoms with van der Waals surface area (Å²) < 4.78 is 13.8. The van der Waals surface area contributed by atoms with E-state index in [0.717, 1.165) is 0 Å². The summed E-state index contributed by atoms with van der Waals surface area (Å²) >= 11 is -1.79. The van der Waals surface area contributed by atoms with Gasteiger partial charge in [-0.05, 0) is 0 Å². The molecule has 0 amide bonds. The molecule has 0 saturated heterocycles. The Morgan fingerprint density at radius 3 is 1.27 bits per heavy atom. The molecule has 0 aliphatic heterocycles. The van der Waals surface area contributed by atoms with Gasteiger partial charge in [0, 0.05) is 0 Å². The Labute approximate surface area is 222 Å². The van der Waals surface area contributed by atoms with Crippen LogP contribution in [0.4, 0.5) is 0 Å². The minimum atomic E-state index is -2.01. The Bertz CT molecular complexity index is 494. The summed E-state index contributed by atoms with van der Waals surface area (Å²) in [5.41, 5.74) is 0. The zero-order valence-corrected chi connectivity index (χ0v) is 30.2. The Hall–Kier alpha value is 1.04. The average molecular weight is 690 g/mol. The van der Waals surface area contributed by atoms with Crippen molar-refractivity contribution in [3.05, 3.63) is 28.2 Å². The molecule has 0 fully saturated rings. The summed E-state index contributed by atoms with van der Waals surface area (Å²) in [4.78, 5) is 0. The van der Waals surface area contributed by atoms with E-state index in [2.05, 4.69) is 81.1 Å². The van der Waals surface area contributed by atoms with E-state index < -0.39 is 36.8 Å². The van der Waals surface area contributed by atoms with E-state index in [1.807, 2.05) is 2.89 Å². The molecule has 0 aliphatic carbocycles. The summed E-state index contributed by atoms with van der Waals surface area (Å²) in [5, 5.41) is 2.31. The Balaban J connectivity index is 0.000000633. The van der Waals surface area contributed by atoms with Crippen LogP contribution in [0.3, 0.4) is 0 Å². The predicted octanol–water partition coefficient (Wildman–Crippen LogP) is 11.4. The van der Waals surface area contributed by atoms with Crippen molar-refractivity contribution >= 4 is 51.0 Å². The topological polar surface area (TPSA) is 0 Å². The second-order valence-corrected chi connectivity index (χ2v) is 38.8. The molecule has 0 unspecified atom stereocenters. The van der Waals surface area contributed by atoms with Gasteiger partial charge in [0.2, 0.25) is 0 Å². The van der Waals surface area contributed by atoms with E-state index in [-0.39, 0.29) is 0 Å². The third-order valence-electron chi connectivity index (χ3n) is 7.59. The molecule has 1 aromatic heterocycles. The van der Waals surface area contributed by atoms with Crippen LogP contribution >= 0.6 is 11.3 Å². The van der Waals surface area contributed by atoms with Crippen LogP contribution in [0.2, 0.25) is 26.6 Å². The van der Waals surface area contributed by atoms with Crippen molar-refractivity contribution in [2.24, 2.45) is 0 Å². The standard InChI is InChI=1S/C4H3S.6C4H9.C2H3.2Sn/c1-2-4-5-3-1;6*1-3-4-2;1-2;;/h1-3H;6*1,3-4H2,2H3;1H,2H2;;. The van der Waals surface area contributed by atoms with Gasteiger partial charge >= 0.3 is 224 Å². The maximum atomic E-state index is 4.19. The average Bonchev–Trinajstić information content (AvgIpc) is 3.40. The van der Waals surface area contributed by atoms with Gasteiger partial charge in [-0.3, -0.25) is 0 Å². The van der Waals surface area contributed by atoms with Gasteiger partial charge in [0.05, 0.1) is 0 Å². The number of unbranched alkanes of at least 4 members (excludes halogenated alkanes) is 6. The van der Waals surface area contributed by atoms with Gasteiger partial charge in [-0.2, -0.15) is 0 Å². The first-order chi connectivity index (χ1) is 16.0. The first-order valence-electron chi connectivity index (χ1n) is 14.7. The van der Waals surface area contributed by atoms with E-state index in [9.17, 15) is 0 Å². The fourth-order valence-corrected chi connectivity index (χ4v) is 37.9. The Morgan fingerprint density at radius 1 is 0.636 bits per heavy atom. The molecular weight excluding hydrogens is 630 g/mol. The number of hydrogen-bond acceptors (Lipinski definition) is 1. The van der Waals surface area contributed by atoms with Crippen molar-refractivity contribution in [2.45, 2.75) is 145 Å². The fourth-order valence-electron chi connectivity index (χ4n) is 5.14. The third kappa shape index (κ3) is 14.4. The minimum absolute atomic E-state index is 1.37. The van der Waals surface area contributed by atoms with Crippen LogP contribution < -0.4 is 2.89 Å². The van der Waals surface area contributed by atoms with Gasteiger partial charge in [0.1, 0.15) is 0 Å². The van der Waals surface area contributed by atoms with Crippen LogP contribution in [0.1, 0.15) is 119 Å². The molecule has 1 rings (SSSR count). The zero-order valence-electron chi connectivity index (χ0n) is 23.7. The van der Waals surface area contributed by atoms with Crippen LogP contribution in [-0.2, 0) is 0 Å². The quantitative estimate of drug-likeness (QED) is 0.120. The molecule has 0 radical (unpaired) electrons. The molecular formula is C30H60SSn2.